The van der Waals surface area contributed by atoms with Crippen LogP contribution in [0.3, 0.4) is 0 Å². The number of amides is 1. The molecule has 0 fully saturated rings. The summed E-state index contributed by atoms with van der Waals surface area (Å²) in [4.78, 5) is 28.0. The molecule has 25 heavy (non-hydrogen) atoms. The highest BCUT2D eigenvalue weighted by atomic mass is 19.1. The van der Waals surface area contributed by atoms with Gasteiger partial charge in [-0.2, -0.15) is 0 Å². The van der Waals surface area contributed by atoms with Gasteiger partial charge in [-0.3, -0.25) is 9.20 Å². The maximum absolute atomic E-state index is 13.5. The first-order valence-electron chi connectivity index (χ1n) is 7.45. The van der Waals surface area contributed by atoms with Gasteiger partial charge in [-0.15, -0.1) is 0 Å². The minimum atomic E-state index is -1.32. The van der Waals surface area contributed by atoms with Crippen LogP contribution in [-0.4, -0.2) is 31.5 Å². The maximum Gasteiger partial charge on any atom is 0.339 e. The van der Waals surface area contributed by atoms with Gasteiger partial charge >= 0.3 is 5.97 Å². The molecule has 2 aromatic heterocycles. The number of carboxylic acids is 1. The Morgan fingerprint density at radius 1 is 1.28 bits per heavy atom. The van der Waals surface area contributed by atoms with Crippen molar-refractivity contribution in [2.75, 3.05) is 5.32 Å². The molecule has 0 saturated heterocycles. The largest absolute Gasteiger partial charge is 0.507 e. The van der Waals surface area contributed by atoms with Crippen molar-refractivity contribution in [2.24, 2.45) is 0 Å². The Kier molecular flexibility index (Phi) is 4.10. The topological polar surface area (TPSA) is 104 Å². The van der Waals surface area contributed by atoms with Crippen LogP contribution in [0.2, 0.25) is 0 Å². The summed E-state index contributed by atoms with van der Waals surface area (Å²) in [6, 6.07) is 6.41. The van der Waals surface area contributed by atoms with Crippen LogP contribution in [0.4, 0.5) is 10.1 Å². The number of hydrogen-bond acceptors (Lipinski definition) is 4. The van der Waals surface area contributed by atoms with Crippen molar-refractivity contribution in [2.45, 2.75) is 13.3 Å². The summed E-state index contributed by atoms with van der Waals surface area (Å²) in [7, 11) is 0. The molecule has 3 aromatic rings. The molecule has 128 valence electrons. The van der Waals surface area contributed by atoms with E-state index < -0.39 is 23.4 Å². The normalized spacial score (nSPS) is 10.8. The molecule has 3 rings (SSSR count). The highest BCUT2D eigenvalue weighted by Crippen LogP contribution is 2.23. The van der Waals surface area contributed by atoms with Gasteiger partial charge in [0, 0.05) is 11.9 Å². The summed E-state index contributed by atoms with van der Waals surface area (Å²) >= 11 is 0. The number of aromatic hydroxyl groups is 1. The van der Waals surface area contributed by atoms with Crippen LogP contribution in [-0.2, 0) is 6.42 Å². The number of benzene rings is 1. The third-order valence-corrected chi connectivity index (χ3v) is 3.69. The Balaban J connectivity index is 2.02. The molecular formula is C17H14FN3O4. The van der Waals surface area contributed by atoms with Crippen LogP contribution in [0, 0.1) is 5.82 Å². The van der Waals surface area contributed by atoms with E-state index in [-0.39, 0.29) is 16.9 Å². The molecule has 0 aliphatic carbocycles. The standard InChI is InChI=1S/C17H14FN3O4/c1-2-12-15(21-8-9(18)3-6-14(21)20-12)16(23)19-10-4-5-13(22)11(7-10)17(24)25/h3-8,22H,2H2,1H3,(H,19,23)(H,24,25). The van der Waals surface area contributed by atoms with E-state index in [0.29, 0.717) is 17.8 Å². The van der Waals surface area contributed by atoms with Crippen molar-refractivity contribution in [1.29, 1.82) is 0 Å². The fraction of sp³-hybridized carbons (Fsp3) is 0.118. The van der Waals surface area contributed by atoms with Crippen molar-refractivity contribution >= 4 is 23.2 Å². The summed E-state index contributed by atoms with van der Waals surface area (Å²) in [6.07, 6.45) is 1.62. The number of aromatic carboxylic acids is 1. The van der Waals surface area contributed by atoms with Gasteiger partial charge in [0.1, 0.15) is 28.5 Å². The number of aromatic nitrogens is 2. The molecule has 0 aliphatic heterocycles. The molecule has 0 radical (unpaired) electrons. The Hall–Kier alpha value is -3.42. The number of nitrogens with one attached hydrogen (secondary N) is 1. The molecule has 1 aromatic carbocycles. The minimum Gasteiger partial charge on any atom is -0.507 e. The number of rotatable bonds is 4. The van der Waals surface area contributed by atoms with Gasteiger partial charge in [0.15, 0.2) is 0 Å². The second-order valence-corrected chi connectivity index (χ2v) is 5.33. The number of nitrogens with zero attached hydrogens (tertiary/aromatic N) is 2. The summed E-state index contributed by atoms with van der Waals surface area (Å²) in [5.41, 5.74) is 0.939. The molecular weight excluding hydrogens is 329 g/mol. The fourth-order valence-electron chi connectivity index (χ4n) is 2.53. The summed E-state index contributed by atoms with van der Waals surface area (Å²) < 4.78 is 14.9. The van der Waals surface area contributed by atoms with E-state index in [0.717, 1.165) is 12.3 Å². The number of halogens is 1. The van der Waals surface area contributed by atoms with Gasteiger partial charge in [0.25, 0.3) is 5.91 Å². The fourth-order valence-corrected chi connectivity index (χ4v) is 2.53. The van der Waals surface area contributed by atoms with Crippen molar-refractivity contribution in [3.63, 3.8) is 0 Å². The molecule has 8 heteroatoms. The smallest absolute Gasteiger partial charge is 0.339 e. The van der Waals surface area contributed by atoms with Gasteiger partial charge in [-0.05, 0) is 36.8 Å². The van der Waals surface area contributed by atoms with Gasteiger partial charge in [0.2, 0.25) is 0 Å². The zero-order valence-corrected chi connectivity index (χ0v) is 13.2. The molecule has 0 bridgehead atoms. The quantitative estimate of drug-likeness (QED) is 0.632. The highest BCUT2D eigenvalue weighted by molar-refractivity contribution is 6.05. The lowest BCUT2D eigenvalue weighted by Gasteiger charge is -2.08. The van der Waals surface area contributed by atoms with Crippen LogP contribution in [0.1, 0.15) is 33.5 Å². The van der Waals surface area contributed by atoms with Crippen LogP contribution in [0.25, 0.3) is 5.65 Å². The molecule has 0 spiro atoms. The van der Waals surface area contributed by atoms with E-state index in [1.54, 1.807) is 0 Å². The van der Waals surface area contributed by atoms with Crippen LogP contribution < -0.4 is 5.32 Å². The number of phenols is 1. The number of fused-ring (bicyclic) bond motifs is 1. The number of hydrogen-bond donors (Lipinski definition) is 3. The van der Waals surface area contributed by atoms with Crippen molar-refractivity contribution in [1.82, 2.24) is 9.38 Å². The second-order valence-electron chi connectivity index (χ2n) is 5.33. The van der Waals surface area contributed by atoms with Gasteiger partial charge in [-0.1, -0.05) is 6.92 Å². The molecule has 3 N–H and O–H groups in total. The molecule has 0 aliphatic rings. The number of pyridine rings is 1. The van der Waals surface area contributed by atoms with E-state index in [1.165, 1.54) is 28.7 Å². The van der Waals surface area contributed by atoms with Gasteiger partial charge < -0.3 is 15.5 Å². The predicted molar refractivity (Wildman–Crippen MR) is 87.5 cm³/mol. The first kappa shape index (κ1) is 16.4. The van der Waals surface area contributed by atoms with Crippen LogP contribution in [0.5, 0.6) is 5.75 Å². The lowest BCUT2D eigenvalue weighted by Crippen LogP contribution is -2.16. The Labute approximate surface area is 141 Å². The first-order chi connectivity index (χ1) is 11.9. The highest BCUT2D eigenvalue weighted by Gasteiger charge is 2.19. The van der Waals surface area contributed by atoms with Gasteiger partial charge in [-0.25, -0.2) is 14.2 Å². The zero-order valence-electron chi connectivity index (χ0n) is 13.2. The first-order valence-corrected chi connectivity index (χ1v) is 7.45. The Morgan fingerprint density at radius 2 is 2.04 bits per heavy atom. The Morgan fingerprint density at radius 3 is 2.72 bits per heavy atom. The molecule has 7 nitrogen and oxygen atoms in total. The third-order valence-electron chi connectivity index (χ3n) is 3.69. The van der Waals surface area contributed by atoms with Crippen molar-refractivity contribution in [3.05, 3.63) is 59.3 Å². The number of anilines is 1. The monoisotopic (exact) mass is 343 g/mol. The van der Waals surface area contributed by atoms with E-state index >= 15 is 0 Å². The number of carboxylic acid groups (broad SMARTS) is 1. The zero-order chi connectivity index (χ0) is 18.1. The average Bonchev–Trinajstić information content (AvgIpc) is 2.94. The van der Waals surface area contributed by atoms with E-state index in [4.69, 9.17) is 5.11 Å². The number of carbonyl (C=O) groups is 2. The minimum absolute atomic E-state index is 0.168. The van der Waals surface area contributed by atoms with Crippen LogP contribution >= 0.6 is 0 Å². The summed E-state index contributed by atoms with van der Waals surface area (Å²) in [5.74, 6) is -2.80. The third kappa shape index (κ3) is 3.01. The average molecular weight is 343 g/mol. The van der Waals surface area contributed by atoms with Gasteiger partial charge in [0.05, 0.1) is 5.69 Å². The SMILES string of the molecule is CCc1nc2ccc(F)cn2c1C(=O)Nc1ccc(O)c(C(=O)O)c1. The molecule has 1 amide bonds. The van der Waals surface area contributed by atoms with E-state index in [1.807, 2.05) is 6.92 Å². The predicted octanol–water partition coefficient (Wildman–Crippen LogP) is 2.69. The molecule has 0 unspecified atom stereocenters. The van der Waals surface area contributed by atoms with E-state index in [9.17, 15) is 19.1 Å². The van der Waals surface area contributed by atoms with E-state index in [2.05, 4.69) is 10.3 Å². The Bertz CT molecular complexity index is 997. The summed E-state index contributed by atoms with van der Waals surface area (Å²) in [6.45, 7) is 1.82. The molecule has 0 saturated carbocycles. The summed E-state index contributed by atoms with van der Waals surface area (Å²) in [5, 5.41) is 21.1. The molecule has 0 atom stereocenters. The maximum atomic E-state index is 13.5. The number of aryl methyl sites for hydroxylation is 1. The molecule has 2 heterocycles. The van der Waals surface area contributed by atoms with Crippen molar-refractivity contribution < 1.29 is 24.2 Å². The number of imidazole rings is 1. The lowest BCUT2D eigenvalue weighted by atomic mass is 10.1. The second kappa shape index (κ2) is 6.23. The number of carbonyl (C=O) groups excluding carboxylic acids is 1. The van der Waals surface area contributed by atoms with Crippen LogP contribution in [0.15, 0.2) is 36.5 Å². The lowest BCUT2D eigenvalue weighted by molar-refractivity contribution is 0.0693. The van der Waals surface area contributed by atoms with Crippen molar-refractivity contribution in [3.8, 4) is 5.75 Å².